The highest BCUT2D eigenvalue weighted by Gasteiger charge is 2.39. The molecule has 2 saturated carbocycles. The molecule has 2 aliphatic carbocycles. The Bertz CT molecular complexity index is 260. The van der Waals surface area contributed by atoms with Crippen LogP contribution >= 0.6 is 0 Å². The van der Waals surface area contributed by atoms with Crippen molar-refractivity contribution >= 4 is 0 Å². The first-order valence-corrected chi connectivity index (χ1v) is 8.68. The van der Waals surface area contributed by atoms with Crippen LogP contribution in [0, 0.1) is 5.92 Å². The van der Waals surface area contributed by atoms with Gasteiger partial charge in [-0.2, -0.15) is 0 Å². The maximum absolute atomic E-state index is 6.29. The average Bonchev–Trinajstić information content (AvgIpc) is 2.64. The lowest BCUT2D eigenvalue weighted by Crippen LogP contribution is -2.58. The smallest absolute Gasteiger partial charge is 0.0334 e. The molecule has 19 heavy (non-hydrogen) atoms. The number of hydrogen-bond acceptors (Lipinski definition) is 2. The predicted molar refractivity (Wildman–Crippen MR) is 83.3 cm³/mol. The van der Waals surface area contributed by atoms with Crippen molar-refractivity contribution in [2.45, 2.75) is 89.6 Å². The molecular formula is C17H34N2. The van der Waals surface area contributed by atoms with Gasteiger partial charge < -0.3 is 5.73 Å². The van der Waals surface area contributed by atoms with Gasteiger partial charge in [-0.15, -0.1) is 0 Å². The monoisotopic (exact) mass is 266 g/mol. The molecule has 112 valence electrons. The highest BCUT2D eigenvalue weighted by atomic mass is 15.2. The van der Waals surface area contributed by atoms with Crippen LogP contribution in [0.3, 0.4) is 0 Å². The molecule has 0 bridgehead atoms. The zero-order valence-corrected chi connectivity index (χ0v) is 13.2. The molecule has 0 radical (unpaired) electrons. The first-order chi connectivity index (χ1) is 9.22. The Morgan fingerprint density at radius 3 is 2.37 bits per heavy atom. The molecular weight excluding hydrogens is 232 g/mol. The van der Waals surface area contributed by atoms with E-state index >= 15 is 0 Å². The van der Waals surface area contributed by atoms with Crippen LogP contribution in [0.4, 0.5) is 0 Å². The van der Waals surface area contributed by atoms with E-state index in [0.717, 1.165) is 18.5 Å². The summed E-state index contributed by atoms with van der Waals surface area (Å²) in [6.07, 6.45) is 13.9. The van der Waals surface area contributed by atoms with Crippen LogP contribution in [-0.2, 0) is 0 Å². The molecule has 2 heteroatoms. The van der Waals surface area contributed by atoms with Gasteiger partial charge in [-0.1, -0.05) is 46.0 Å². The second-order valence-corrected chi connectivity index (χ2v) is 7.04. The van der Waals surface area contributed by atoms with Gasteiger partial charge in [0.1, 0.15) is 0 Å². The zero-order valence-electron chi connectivity index (χ0n) is 13.2. The summed E-state index contributed by atoms with van der Waals surface area (Å²) in [6, 6.07) is 0.815. The summed E-state index contributed by atoms with van der Waals surface area (Å²) < 4.78 is 0. The molecule has 0 aromatic carbocycles. The fourth-order valence-corrected chi connectivity index (χ4v) is 4.55. The normalized spacial score (nSPS) is 34.4. The van der Waals surface area contributed by atoms with Crippen LogP contribution < -0.4 is 5.73 Å². The zero-order chi connectivity index (χ0) is 13.7. The first-order valence-electron chi connectivity index (χ1n) is 8.68. The molecule has 2 atom stereocenters. The number of hydrogen-bond donors (Lipinski definition) is 1. The van der Waals surface area contributed by atoms with Crippen molar-refractivity contribution in [3.05, 3.63) is 0 Å². The molecule has 0 aromatic heterocycles. The first kappa shape index (κ1) is 15.3. The summed E-state index contributed by atoms with van der Waals surface area (Å²) in [5.74, 6) is 0.901. The average molecular weight is 266 g/mol. The molecule has 0 amide bonds. The fraction of sp³-hybridized carbons (Fsp3) is 1.00. The van der Waals surface area contributed by atoms with Crippen molar-refractivity contribution in [3.63, 3.8) is 0 Å². The van der Waals surface area contributed by atoms with Crippen molar-refractivity contribution < 1.29 is 0 Å². The Morgan fingerprint density at radius 2 is 1.74 bits per heavy atom. The van der Waals surface area contributed by atoms with Crippen LogP contribution in [0.5, 0.6) is 0 Å². The van der Waals surface area contributed by atoms with Gasteiger partial charge >= 0.3 is 0 Å². The van der Waals surface area contributed by atoms with E-state index in [1.54, 1.807) is 0 Å². The SMILES string of the molecule is CCN(C1CCCCC1)C1(CN)CCCC(C)CC1. The third-order valence-electron chi connectivity index (χ3n) is 5.79. The lowest BCUT2D eigenvalue weighted by atomic mass is 9.83. The number of nitrogens with zero attached hydrogens (tertiary/aromatic N) is 1. The minimum absolute atomic E-state index is 0.321. The molecule has 2 unspecified atom stereocenters. The molecule has 0 saturated heterocycles. The second-order valence-electron chi connectivity index (χ2n) is 7.04. The van der Waals surface area contributed by atoms with E-state index in [2.05, 4.69) is 18.7 Å². The summed E-state index contributed by atoms with van der Waals surface area (Å²) in [5.41, 5.74) is 6.62. The van der Waals surface area contributed by atoms with Gasteiger partial charge in [0.05, 0.1) is 0 Å². The van der Waals surface area contributed by atoms with Crippen LogP contribution in [0.1, 0.15) is 78.1 Å². The summed E-state index contributed by atoms with van der Waals surface area (Å²) in [4.78, 5) is 2.82. The highest BCUT2D eigenvalue weighted by Crippen LogP contribution is 2.37. The number of likely N-dealkylation sites (N-methyl/N-ethyl adjacent to an activating group) is 1. The topological polar surface area (TPSA) is 29.3 Å². The fourth-order valence-electron chi connectivity index (χ4n) is 4.55. The predicted octanol–water partition coefficient (Wildman–Crippen LogP) is 3.94. The van der Waals surface area contributed by atoms with E-state index < -0.39 is 0 Å². The molecule has 0 aliphatic heterocycles. The molecule has 0 spiro atoms. The Labute approximate surface area is 120 Å². The molecule has 2 fully saturated rings. The van der Waals surface area contributed by atoms with Crippen molar-refractivity contribution in [3.8, 4) is 0 Å². The van der Waals surface area contributed by atoms with E-state index in [1.807, 2.05) is 0 Å². The van der Waals surface area contributed by atoms with Crippen molar-refractivity contribution in [2.75, 3.05) is 13.1 Å². The maximum atomic E-state index is 6.29. The van der Waals surface area contributed by atoms with Crippen LogP contribution in [0.2, 0.25) is 0 Å². The van der Waals surface area contributed by atoms with E-state index in [4.69, 9.17) is 5.73 Å². The number of rotatable bonds is 4. The maximum Gasteiger partial charge on any atom is 0.0334 e. The summed E-state index contributed by atoms with van der Waals surface area (Å²) >= 11 is 0. The van der Waals surface area contributed by atoms with Gasteiger partial charge in [0.2, 0.25) is 0 Å². The Hall–Kier alpha value is -0.0800. The summed E-state index contributed by atoms with van der Waals surface area (Å²) in [5, 5.41) is 0. The van der Waals surface area contributed by atoms with Crippen molar-refractivity contribution in [1.82, 2.24) is 4.90 Å². The summed E-state index contributed by atoms with van der Waals surface area (Å²) in [6.45, 7) is 6.82. The number of nitrogens with two attached hydrogens (primary N) is 1. The molecule has 2 aliphatic rings. The lowest BCUT2D eigenvalue weighted by molar-refractivity contribution is 0.0233. The van der Waals surface area contributed by atoms with E-state index in [0.29, 0.717) is 5.54 Å². The molecule has 2 nitrogen and oxygen atoms in total. The Kier molecular flexibility index (Phi) is 5.70. The minimum atomic E-state index is 0.321. The van der Waals surface area contributed by atoms with Gasteiger partial charge in [-0.3, -0.25) is 4.90 Å². The third-order valence-corrected chi connectivity index (χ3v) is 5.79. The molecule has 2 rings (SSSR count). The second kappa shape index (κ2) is 7.08. The van der Waals surface area contributed by atoms with Gasteiger partial charge in [0.25, 0.3) is 0 Å². The molecule has 0 heterocycles. The van der Waals surface area contributed by atoms with E-state index in [-0.39, 0.29) is 0 Å². The van der Waals surface area contributed by atoms with Gasteiger partial charge in [0, 0.05) is 18.1 Å². The minimum Gasteiger partial charge on any atom is -0.329 e. The lowest BCUT2D eigenvalue weighted by Gasteiger charge is -2.48. The van der Waals surface area contributed by atoms with Gasteiger partial charge in [-0.05, 0) is 44.6 Å². The van der Waals surface area contributed by atoms with E-state index in [1.165, 1.54) is 70.8 Å². The van der Waals surface area contributed by atoms with Crippen LogP contribution in [0.15, 0.2) is 0 Å². The Balaban J connectivity index is 2.11. The standard InChI is InChI=1S/C17H34N2/c1-3-19(16-9-5-4-6-10-16)17(14-18)12-7-8-15(2)11-13-17/h15-16H,3-14,18H2,1-2H3. The highest BCUT2D eigenvalue weighted by molar-refractivity contribution is 4.96. The van der Waals surface area contributed by atoms with Gasteiger partial charge in [-0.25, -0.2) is 0 Å². The Morgan fingerprint density at radius 1 is 1.00 bits per heavy atom. The van der Waals surface area contributed by atoms with Crippen molar-refractivity contribution in [1.29, 1.82) is 0 Å². The largest absolute Gasteiger partial charge is 0.329 e. The van der Waals surface area contributed by atoms with Gasteiger partial charge in [0.15, 0.2) is 0 Å². The van der Waals surface area contributed by atoms with Crippen LogP contribution in [-0.4, -0.2) is 29.6 Å². The third kappa shape index (κ3) is 3.52. The van der Waals surface area contributed by atoms with E-state index in [9.17, 15) is 0 Å². The molecule has 2 N–H and O–H groups in total. The summed E-state index contributed by atoms with van der Waals surface area (Å²) in [7, 11) is 0. The van der Waals surface area contributed by atoms with Crippen LogP contribution in [0.25, 0.3) is 0 Å². The van der Waals surface area contributed by atoms with Crippen molar-refractivity contribution in [2.24, 2.45) is 11.7 Å². The quantitative estimate of drug-likeness (QED) is 0.781. The molecule has 0 aromatic rings.